The van der Waals surface area contributed by atoms with E-state index >= 15 is 0 Å². The maximum absolute atomic E-state index is 11.9. The summed E-state index contributed by atoms with van der Waals surface area (Å²) in [6, 6.07) is 0. The van der Waals surface area contributed by atoms with Crippen molar-refractivity contribution in [2.45, 2.75) is 63.7 Å². The van der Waals surface area contributed by atoms with Crippen LogP contribution in [-0.2, 0) is 4.79 Å². The predicted octanol–water partition coefficient (Wildman–Crippen LogP) is 2.78. The lowest BCUT2D eigenvalue weighted by Gasteiger charge is -2.35. The van der Waals surface area contributed by atoms with Gasteiger partial charge in [-0.3, -0.25) is 4.79 Å². The van der Waals surface area contributed by atoms with E-state index in [-0.39, 0.29) is 16.7 Å². The third kappa shape index (κ3) is 3.71. The summed E-state index contributed by atoms with van der Waals surface area (Å²) in [5, 5.41) is 2.98. The average Bonchev–Trinajstić information content (AvgIpc) is 2.16. The molecule has 0 aromatic carbocycles. The lowest BCUT2D eigenvalue weighted by molar-refractivity contribution is -0.123. The van der Waals surface area contributed by atoms with Crippen LogP contribution in [0, 0.1) is 5.92 Å². The van der Waals surface area contributed by atoms with Gasteiger partial charge in [0.2, 0.25) is 5.91 Å². The Morgan fingerprint density at radius 2 is 1.80 bits per heavy atom. The normalized spacial score (nSPS) is 22.5. The van der Waals surface area contributed by atoms with Gasteiger partial charge in [0, 0.05) is 5.54 Å². The van der Waals surface area contributed by atoms with E-state index in [4.69, 9.17) is 0 Å². The van der Waals surface area contributed by atoms with Gasteiger partial charge in [-0.05, 0) is 25.7 Å². The molecule has 0 heterocycles. The maximum atomic E-state index is 11.9. The number of thiol groups is 1. The van der Waals surface area contributed by atoms with E-state index in [1.54, 1.807) is 0 Å². The standard InChI is InChI=1S/C12H23NOS/c1-9(2)10(15)11(14)13-12(3)7-5-4-6-8-12/h9-10,15H,4-8H2,1-3H3,(H,13,14). The van der Waals surface area contributed by atoms with Crippen LogP contribution in [0.15, 0.2) is 0 Å². The molecule has 1 aliphatic rings. The van der Waals surface area contributed by atoms with Crippen LogP contribution in [0.1, 0.15) is 52.9 Å². The molecule has 0 radical (unpaired) electrons. The first-order chi connectivity index (χ1) is 6.94. The number of carbonyl (C=O) groups is 1. The highest BCUT2D eigenvalue weighted by molar-refractivity contribution is 7.81. The lowest BCUT2D eigenvalue weighted by atomic mass is 9.83. The number of rotatable bonds is 3. The molecule has 1 unspecified atom stereocenters. The van der Waals surface area contributed by atoms with Crippen molar-refractivity contribution >= 4 is 18.5 Å². The minimum absolute atomic E-state index is 0.0191. The van der Waals surface area contributed by atoms with E-state index in [0.29, 0.717) is 5.92 Å². The Kier molecular flexibility index (Phi) is 4.50. The molecule has 0 aliphatic heterocycles. The van der Waals surface area contributed by atoms with Crippen LogP contribution < -0.4 is 5.32 Å². The van der Waals surface area contributed by atoms with Gasteiger partial charge in [0.1, 0.15) is 0 Å². The smallest absolute Gasteiger partial charge is 0.233 e. The topological polar surface area (TPSA) is 29.1 Å². The Morgan fingerprint density at radius 3 is 2.27 bits per heavy atom. The van der Waals surface area contributed by atoms with Gasteiger partial charge in [0.25, 0.3) is 0 Å². The van der Waals surface area contributed by atoms with Crippen molar-refractivity contribution in [2.75, 3.05) is 0 Å². The number of hydrogen-bond donors (Lipinski definition) is 2. The van der Waals surface area contributed by atoms with Gasteiger partial charge in [-0.25, -0.2) is 0 Å². The van der Waals surface area contributed by atoms with Crippen molar-refractivity contribution in [1.29, 1.82) is 0 Å². The molecular formula is C12H23NOS. The average molecular weight is 229 g/mol. The first-order valence-corrected chi connectivity index (χ1v) is 6.46. The summed E-state index contributed by atoms with van der Waals surface area (Å²) in [4.78, 5) is 11.9. The second-order valence-corrected chi connectivity index (χ2v) is 5.86. The molecule has 0 spiro atoms. The SMILES string of the molecule is CC(C)C(S)C(=O)NC1(C)CCCCC1. The van der Waals surface area contributed by atoms with Crippen molar-refractivity contribution in [2.24, 2.45) is 5.92 Å². The van der Waals surface area contributed by atoms with Gasteiger partial charge in [0.15, 0.2) is 0 Å². The van der Waals surface area contributed by atoms with Crippen LogP contribution in [0.25, 0.3) is 0 Å². The molecule has 0 bridgehead atoms. The summed E-state index contributed by atoms with van der Waals surface area (Å²) in [6.07, 6.45) is 5.99. The third-order valence-electron chi connectivity index (χ3n) is 3.28. The Morgan fingerprint density at radius 1 is 1.27 bits per heavy atom. The second-order valence-electron chi connectivity index (χ2n) is 5.30. The number of nitrogens with one attached hydrogen (secondary N) is 1. The van der Waals surface area contributed by atoms with Crippen LogP contribution in [0.5, 0.6) is 0 Å². The number of amides is 1. The van der Waals surface area contributed by atoms with Crippen LogP contribution in [0.3, 0.4) is 0 Å². The van der Waals surface area contributed by atoms with E-state index in [0.717, 1.165) is 12.8 Å². The first-order valence-electron chi connectivity index (χ1n) is 5.95. The van der Waals surface area contributed by atoms with Gasteiger partial charge < -0.3 is 5.32 Å². The number of hydrogen-bond acceptors (Lipinski definition) is 2. The Hall–Kier alpha value is -0.180. The van der Waals surface area contributed by atoms with E-state index in [1.165, 1.54) is 19.3 Å². The fraction of sp³-hybridized carbons (Fsp3) is 0.917. The fourth-order valence-electron chi connectivity index (χ4n) is 2.13. The summed E-state index contributed by atoms with van der Waals surface area (Å²) in [5.41, 5.74) is 0.0191. The largest absolute Gasteiger partial charge is 0.350 e. The van der Waals surface area contributed by atoms with Gasteiger partial charge in [-0.15, -0.1) is 0 Å². The maximum Gasteiger partial charge on any atom is 0.233 e. The van der Waals surface area contributed by atoms with Crippen molar-refractivity contribution in [3.8, 4) is 0 Å². The lowest BCUT2D eigenvalue weighted by Crippen LogP contribution is -2.50. The van der Waals surface area contributed by atoms with Crippen molar-refractivity contribution < 1.29 is 4.79 Å². The molecule has 1 atom stereocenters. The number of carbonyl (C=O) groups excluding carboxylic acids is 1. The van der Waals surface area contributed by atoms with Crippen molar-refractivity contribution in [3.63, 3.8) is 0 Å². The predicted molar refractivity (Wildman–Crippen MR) is 67.2 cm³/mol. The van der Waals surface area contributed by atoms with Crippen LogP contribution in [0.2, 0.25) is 0 Å². The van der Waals surface area contributed by atoms with Crippen LogP contribution >= 0.6 is 12.6 Å². The molecule has 1 N–H and O–H groups in total. The Balaban J connectivity index is 2.49. The Bertz CT molecular complexity index is 222. The molecule has 1 rings (SSSR count). The molecule has 1 fully saturated rings. The van der Waals surface area contributed by atoms with Gasteiger partial charge in [-0.2, -0.15) is 12.6 Å². The van der Waals surface area contributed by atoms with E-state index in [1.807, 2.05) is 13.8 Å². The monoisotopic (exact) mass is 229 g/mol. The van der Waals surface area contributed by atoms with Crippen LogP contribution in [0.4, 0.5) is 0 Å². The van der Waals surface area contributed by atoms with Gasteiger partial charge in [0.05, 0.1) is 5.25 Å². The summed E-state index contributed by atoms with van der Waals surface area (Å²) >= 11 is 4.34. The summed E-state index contributed by atoms with van der Waals surface area (Å²) in [5.74, 6) is 0.387. The minimum Gasteiger partial charge on any atom is -0.350 e. The molecule has 0 saturated heterocycles. The zero-order chi connectivity index (χ0) is 11.5. The highest BCUT2D eigenvalue weighted by Gasteiger charge is 2.30. The van der Waals surface area contributed by atoms with E-state index in [2.05, 4.69) is 24.9 Å². The van der Waals surface area contributed by atoms with Gasteiger partial charge in [-0.1, -0.05) is 33.1 Å². The zero-order valence-corrected chi connectivity index (χ0v) is 10.9. The molecule has 1 aliphatic carbocycles. The summed E-state index contributed by atoms with van der Waals surface area (Å²) < 4.78 is 0. The molecule has 88 valence electrons. The minimum atomic E-state index is -0.177. The Labute approximate surface area is 98.6 Å². The van der Waals surface area contributed by atoms with E-state index in [9.17, 15) is 4.79 Å². The third-order valence-corrected chi connectivity index (χ3v) is 4.11. The van der Waals surface area contributed by atoms with E-state index < -0.39 is 0 Å². The highest BCUT2D eigenvalue weighted by atomic mass is 32.1. The van der Waals surface area contributed by atoms with Gasteiger partial charge >= 0.3 is 0 Å². The van der Waals surface area contributed by atoms with Crippen LogP contribution in [-0.4, -0.2) is 16.7 Å². The molecule has 3 heteroatoms. The highest BCUT2D eigenvalue weighted by Crippen LogP contribution is 2.28. The quantitative estimate of drug-likeness (QED) is 0.716. The molecule has 0 aromatic rings. The van der Waals surface area contributed by atoms with Crippen molar-refractivity contribution in [3.05, 3.63) is 0 Å². The molecular weight excluding hydrogens is 206 g/mol. The molecule has 1 saturated carbocycles. The summed E-state index contributed by atoms with van der Waals surface area (Å²) in [7, 11) is 0. The second kappa shape index (κ2) is 5.24. The summed E-state index contributed by atoms with van der Waals surface area (Å²) in [6.45, 7) is 6.21. The molecule has 2 nitrogen and oxygen atoms in total. The van der Waals surface area contributed by atoms with Crippen molar-refractivity contribution in [1.82, 2.24) is 5.32 Å². The fourth-order valence-corrected chi connectivity index (χ4v) is 2.20. The zero-order valence-electron chi connectivity index (χ0n) is 10.0. The molecule has 1 amide bonds. The molecule has 15 heavy (non-hydrogen) atoms. The molecule has 0 aromatic heterocycles. The first kappa shape index (κ1) is 12.9.